The van der Waals surface area contributed by atoms with Crippen LogP contribution in [0, 0.1) is 0 Å². The number of aromatic nitrogens is 3. The Morgan fingerprint density at radius 3 is 2.80 bits per heavy atom. The van der Waals surface area contributed by atoms with Crippen molar-refractivity contribution < 1.29 is 9.84 Å². The molecule has 0 amide bonds. The Bertz CT molecular complexity index is 296. The van der Waals surface area contributed by atoms with Crippen LogP contribution in [0.2, 0.25) is 0 Å². The third kappa shape index (κ3) is 2.98. The van der Waals surface area contributed by atoms with E-state index in [-0.39, 0.29) is 6.61 Å². The van der Waals surface area contributed by atoms with Crippen molar-refractivity contribution in [3.8, 4) is 0 Å². The molecular weight excluding hydrogens is 196 g/mol. The Morgan fingerprint density at radius 2 is 2.13 bits per heavy atom. The molecule has 15 heavy (non-hydrogen) atoms. The fourth-order valence-corrected chi connectivity index (χ4v) is 1.59. The molecule has 0 aliphatic carbocycles. The molecule has 1 aliphatic rings. The van der Waals surface area contributed by atoms with Gasteiger partial charge in [0.1, 0.15) is 5.69 Å². The van der Waals surface area contributed by atoms with E-state index >= 15 is 0 Å². The molecule has 0 spiro atoms. The van der Waals surface area contributed by atoms with Crippen molar-refractivity contribution in [2.75, 3.05) is 32.8 Å². The molecule has 0 unspecified atom stereocenters. The zero-order valence-corrected chi connectivity index (χ0v) is 8.67. The Labute approximate surface area is 88.4 Å². The van der Waals surface area contributed by atoms with Crippen LogP contribution in [0.5, 0.6) is 0 Å². The second-order valence-corrected chi connectivity index (χ2v) is 3.59. The van der Waals surface area contributed by atoms with Crippen molar-refractivity contribution in [2.45, 2.75) is 13.2 Å². The van der Waals surface area contributed by atoms with Gasteiger partial charge in [-0.2, -0.15) is 0 Å². The van der Waals surface area contributed by atoms with E-state index in [1.54, 1.807) is 10.9 Å². The molecular formula is C9H16N4O2. The zero-order valence-electron chi connectivity index (χ0n) is 8.67. The highest BCUT2D eigenvalue weighted by Crippen LogP contribution is 1.98. The van der Waals surface area contributed by atoms with E-state index in [9.17, 15) is 0 Å². The fraction of sp³-hybridized carbons (Fsp3) is 0.778. The molecule has 1 aliphatic heterocycles. The van der Waals surface area contributed by atoms with Gasteiger partial charge in [0.05, 0.1) is 32.6 Å². The quantitative estimate of drug-likeness (QED) is 0.701. The van der Waals surface area contributed by atoms with Gasteiger partial charge in [0.25, 0.3) is 0 Å². The lowest BCUT2D eigenvalue weighted by atomic mass is 10.4. The lowest BCUT2D eigenvalue weighted by Gasteiger charge is -2.26. The summed E-state index contributed by atoms with van der Waals surface area (Å²) in [5, 5.41) is 16.6. The van der Waals surface area contributed by atoms with Crippen LogP contribution in [0.1, 0.15) is 5.69 Å². The van der Waals surface area contributed by atoms with Gasteiger partial charge in [0.2, 0.25) is 0 Å². The molecule has 0 saturated carbocycles. The van der Waals surface area contributed by atoms with Gasteiger partial charge in [-0.05, 0) is 0 Å². The molecule has 0 atom stereocenters. The number of morpholine rings is 1. The summed E-state index contributed by atoms with van der Waals surface area (Å²) in [6, 6.07) is 0. The van der Waals surface area contributed by atoms with Gasteiger partial charge >= 0.3 is 0 Å². The Hall–Kier alpha value is -0.980. The molecule has 1 fully saturated rings. The predicted molar refractivity (Wildman–Crippen MR) is 53.2 cm³/mol. The Kier molecular flexibility index (Phi) is 3.65. The standard InChI is InChI=1S/C9H16N4O2/c14-8-9-7-13(11-10-9)2-1-12-3-5-15-6-4-12/h7,14H,1-6,8H2. The second kappa shape index (κ2) is 5.20. The number of rotatable bonds is 4. The summed E-state index contributed by atoms with van der Waals surface area (Å²) in [4.78, 5) is 2.34. The SMILES string of the molecule is OCc1cn(CCN2CCOCC2)nn1. The maximum atomic E-state index is 8.83. The summed E-state index contributed by atoms with van der Waals surface area (Å²) in [5.74, 6) is 0. The first-order valence-electron chi connectivity index (χ1n) is 5.18. The van der Waals surface area contributed by atoms with Gasteiger partial charge in [-0.15, -0.1) is 5.10 Å². The fourth-order valence-electron chi connectivity index (χ4n) is 1.59. The highest BCUT2D eigenvalue weighted by molar-refractivity contribution is 4.88. The lowest BCUT2D eigenvalue weighted by Crippen LogP contribution is -2.38. The van der Waals surface area contributed by atoms with Crippen molar-refractivity contribution in [1.82, 2.24) is 19.9 Å². The van der Waals surface area contributed by atoms with Crippen LogP contribution in [-0.4, -0.2) is 57.8 Å². The summed E-state index contributed by atoms with van der Waals surface area (Å²) >= 11 is 0. The first-order valence-corrected chi connectivity index (χ1v) is 5.18. The normalized spacial score (nSPS) is 18.2. The second-order valence-electron chi connectivity index (χ2n) is 3.59. The largest absolute Gasteiger partial charge is 0.390 e. The zero-order chi connectivity index (χ0) is 10.5. The molecule has 1 N–H and O–H groups in total. The third-order valence-corrected chi connectivity index (χ3v) is 2.50. The molecule has 0 aromatic carbocycles. The van der Waals surface area contributed by atoms with E-state index in [1.807, 2.05) is 0 Å². The number of aliphatic hydroxyl groups excluding tert-OH is 1. The van der Waals surface area contributed by atoms with Crippen LogP contribution < -0.4 is 0 Å². The van der Waals surface area contributed by atoms with Gasteiger partial charge in [0, 0.05) is 19.6 Å². The van der Waals surface area contributed by atoms with E-state index < -0.39 is 0 Å². The highest BCUT2D eigenvalue weighted by atomic mass is 16.5. The van der Waals surface area contributed by atoms with Crippen molar-refractivity contribution in [3.05, 3.63) is 11.9 Å². The minimum absolute atomic E-state index is 0.0441. The molecule has 6 heteroatoms. The maximum absolute atomic E-state index is 8.83. The average Bonchev–Trinajstić information content (AvgIpc) is 2.76. The van der Waals surface area contributed by atoms with Gasteiger partial charge in [-0.3, -0.25) is 9.58 Å². The topological polar surface area (TPSA) is 63.4 Å². The number of hydrogen-bond donors (Lipinski definition) is 1. The smallest absolute Gasteiger partial charge is 0.108 e. The minimum Gasteiger partial charge on any atom is -0.390 e. The lowest BCUT2D eigenvalue weighted by molar-refractivity contribution is 0.0359. The van der Waals surface area contributed by atoms with Crippen LogP contribution in [0.3, 0.4) is 0 Å². The van der Waals surface area contributed by atoms with Crippen LogP contribution >= 0.6 is 0 Å². The summed E-state index contributed by atoms with van der Waals surface area (Å²) in [7, 11) is 0. The monoisotopic (exact) mass is 212 g/mol. The van der Waals surface area contributed by atoms with Gasteiger partial charge < -0.3 is 9.84 Å². The Morgan fingerprint density at radius 1 is 1.33 bits per heavy atom. The van der Waals surface area contributed by atoms with Crippen molar-refractivity contribution in [2.24, 2.45) is 0 Å². The van der Waals surface area contributed by atoms with Gasteiger partial charge in [0.15, 0.2) is 0 Å². The van der Waals surface area contributed by atoms with E-state index in [4.69, 9.17) is 9.84 Å². The van der Waals surface area contributed by atoms with Crippen LogP contribution in [0.4, 0.5) is 0 Å². The molecule has 2 rings (SSSR count). The van der Waals surface area contributed by atoms with Crippen molar-refractivity contribution in [3.63, 3.8) is 0 Å². The molecule has 84 valence electrons. The summed E-state index contributed by atoms with van der Waals surface area (Å²) in [6.07, 6.45) is 1.78. The number of ether oxygens (including phenoxy) is 1. The van der Waals surface area contributed by atoms with Crippen molar-refractivity contribution >= 4 is 0 Å². The first-order chi connectivity index (χ1) is 7.38. The summed E-state index contributed by atoms with van der Waals surface area (Å²) < 4.78 is 7.03. The van der Waals surface area contributed by atoms with E-state index in [0.29, 0.717) is 5.69 Å². The van der Waals surface area contributed by atoms with Crippen LogP contribution in [0.25, 0.3) is 0 Å². The molecule has 1 aromatic rings. The highest BCUT2D eigenvalue weighted by Gasteiger charge is 2.10. The number of nitrogens with zero attached hydrogens (tertiary/aromatic N) is 4. The number of hydrogen-bond acceptors (Lipinski definition) is 5. The van der Waals surface area contributed by atoms with E-state index in [2.05, 4.69) is 15.2 Å². The number of aliphatic hydroxyl groups is 1. The minimum atomic E-state index is -0.0441. The molecule has 1 aromatic heterocycles. The van der Waals surface area contributed by atoms with Gasteiger partial charge in [-0.25, -0.2) is 0 Å². The first kappa shape index (κ1) is 10.5. The van der Waals surface area contributed by atoms with Crippen molar-refractivity contribution in [1.29, 1.82) is 0 Å². The van der Waals surface area contributed by atoms with Crippen LogP contribution in [-0.2, 0) is 17.9 Å². The maximum Gasteiger partial charge on any atom is 0.108 e. The molecule has 2 heterocycles. The van der Waals surface area contributed by atoms with E-state index in [0.717, 1.165) is 39.4 Å². The summed E-state index contributed by atoms with van der Waals surface area (Å²) in [5.41, 5.74) is 0.622. The average molecular weight is 212 g/mol. The summed E-state index contributed by atoms with van der Waals surface area (Å²) in [6.45, 7) is 5.34. The van der Waals surface area contributed by atoms with E-state index in [1.165, 1.54) is 0 Å². The van der Waals surface area contributed by atoms with Crippen LogP contribution in [0.15, 0.2) is 6.20 Å². The Balaban J connectivity index is 1.76. The molecule has 6 nitrogen and oxygen atoms in total. The molecule has 0 bridgehead atoms. The molecule has 1 saturated heterocycles. The third-order valence-electron chi connectivity index (χ3n) is 2.50. The molecule has 0 radical (unpaired) electrons. The van der Waals surface area contributed by atoms with Gasteiger partial charge in [-0.1, -0.05) is 5.21 Å². The predicted octanol–water partition coefficient (Wildman–Crippen LogP) is -0.897.